The predicted molar refractivity (Wildman–Crippen MR) is 77.0 cm³/mol. The van der Waals surface area contributed by atoms with Crippen LogP contribution in [0.3, 0.4) is 0 Å². The van der Waals surface area contributed by atoms with E-state index in [0.29, 0.717) is 6.42 Å². The average Bonchev–Trinajstić information content (AvgIpc) is 2.68. The fraction of sp³-hybridized carbons (Fsp3) is 0.786. The van der Waals surface area contributed by atoms with Crippen LogP contribution in [0.15, 0.2) is 0 Å². The number of amides is 1. The fourth-order valence-corrected chi connectivity index (χ4v) is 2.65. The van der Waals surface area contributed by atoms with Gasteiger partial charge >= 0.3 is 0 Å². The average molecular weight is 279 g/mol. The second-order valence-corrected chi connectivity index (χ2v) is 5.56. The third-order valence-corrected chi connectivity index (χ3v) is 3.82. The molecule has 1 aliphatic rings. The standard InChI is InChI=1S/C14H25N5O/c1-3-7-11(15)14(20)16-10(2)13-18-17-12-8-5-4-6-9-19(12)13/h10-11H,3-9,15H2,1-2H3,(H,16,20)/t10?,11-/m1/s1. The van der Waals surface area contributed by atoms with Crippen molar-refractivity contribution in [1.29, 1.82) is 0 Å². The van der Waals surface area contributed by atoms with E-state index in [9.17, 15) is 4.79 Å². The Hall–Kier alpha value is -1.43. The first-order valence-electron chi connectivity index (χ1n) is 7.61. The zero-order chi connectivity index (χ0) is 14.5. The van der Waals surface area contributed by atoms with Gasteiger partial charge in [-0.3, -0.25) is 4.79 Å². The molecule has 1 unspecified atom stereocenters. The minimum Gasteiger partial charge on any atom is -0.345 e. The van der Waals surface area contributed by atoms with Crippen molar-refractivity contribution < 1.29 is 4.79 Å². The quantitative estimate of drug-likeness (QED) is 0.851. The number of rotatable bonds is 5. The normalized spacial score (nSPS) is 17.9. The number of aromatic nitrogens is 3. The van der Waals surface area contributed by atoms with Crippen LogP contribution in [0.5, 0.6) is 0 Å². The van der Waals surface area contributed by atoms with Crippen LogP contribution >= 0.6 is 0 Å². The summed E-state index contributed by atoms with van der Waals surface area (Å²) in [5.74, 6) is 1.78. The highest BCUT2D eigenvalue weighted by Gasteiger charge is 2.22. The zero-order valence-electron chi connectivity index (χ0n) is 12.4. The van der Waals surface area contributed by atoms with Crippen LogP contribution in [0.25, 0.3) is 0 Å². The SMILES string of the molecule is CCC[C@@H](N)C(=O)NC(C)c1nnc2n1CCCCC2. The van der Waals surface area contributed by atoms with E-state index in [1.165, 1.54) is 12.8 Å². The molecule has 1 aromatic rings. The van der Waals surface area contributed by atoms with E-state index in [1.54, 1.807) is 0 Å². The molecule has 2 rings (SSSR count). The lowest BCUT2D eigenvalue weighted by molar-refractivity contribution is -0.123. The van der Waals surface area contributed by atoms with Gasteiger partial charge in [-0.05, 0) is 26.2 Å². The smallest absolute Gasteiger partial charge is 0.237 e. The van der Waals surface area contributed by atoms with Crippen LogP contribution < -0.4 is 11.1 Å². The van der Waals surface area contributed by atoms with Gasteiger partial charge in [-0.2, -0.15) is 0 Å². The molecule has 2 atom stereocenters. The molecular weight excluding hydrogens is 254 g/mol. The molecule has 1 aromatic heterocycles. The molecule has 0 saturated carbocycles. The molecule has 0 aliphatic carbocycles. The number of nitrogens with one attached hydrogen (secondary N) is 1. The minimum atomic E-state index is -0.436. The highest BCUT2D eigenvalue weighted by atomic mass is 16.2. The van der Waals surface area contributed by atoms with Crippen molar-refractivity contribution in [2.45, 2.75) is 71.0 Å². The molecule has 0 fully saturated rings. The number of carbonyl (C=O) groups excluding carboxylic acids is 1. The molecular formula is C14H25N5O. The number of carbonyl (C=O) groups is 1. The molecule has 0 spiro atoms. The molecule has 0 radical (unpaired) electrons. The van der Waals surface area contributed by atoms with Gasteiger partial charge in [0, 0.05) is 13.0 Å². The number of aryl methyl sites for hydroxylation is 1. The summed E-state index contributed by atoms with van der Waals surface area (Å²) in [6.07, 6.45) is 6.13. The van der Waals surface area contributed by atoms with E-state index in [-0.39, 0.29) is 11.9 Å². The maximum atomic E-state index is 12.0. The molecule has 20 heavy (non-hydrogen) atoms. The van der Waals surface area contributed by atoms with Gasteiger partial charge in [0.2, 0.25) is 5.91 Å². The molecule has 1 aliphatic heterocycles. The van der Waals surface area contributed by atoms with Gasteiger partial charge < -0.3 is 15.6 Å². The first kappa shape index (κ1) is 15.0. The summed E-state index contributed by atoms with van der Waals surface area (Å²) in [6, 6.07) is -0.585. The predicted octanol–water partition coefficient (Wildman–Crippen LogP) is 1.31. The maximum Gasteiger partial charge on any atom is 0.237 e. The minimum absolute atomic E-state index is 0.106. The first-order valence-corrected chi connectivity index (χ1v) is 7.61. The monoisotopic (exact) mass is 279 g/mol. The topological polar surface area (TPSA) is 85.8 Å². The number of hydrogen-bond acceptors (Lipinski definition) is 4. The van der Waals surface area contributed by atoms with Crippen LogP contribution in [0.4, 0.5) is 0 Å². The highest BCUT2D eigenvalue weighted by Crippen LogP contribution is 2.18. The molecule has 112 valence electrons. The molecule has 6 heteroatoms. The number of hydrogen-bond donors (Lipinski definition) is 2. The molecule has 0 aromatic carbocycles. The molecule has 6 nitrogen and oxygen atoms in total. The van der Waals surface area contributed by atoms with Crippen molar-refractivity contribution in [3.63, 3.8) is 0 Å². The summed E-state index contributed by atoms with van der Waals surface area (Å²) in [7, 11) is 0. The second-order valence-electron chi connectivity index (χ2n) is 5.56. The number of fused-ring (bicyclic) bond motifs is 1. The Balaban J connectivity index is 2.04. The van der Waals surface area contributed by atoms with E-state index >= 15 is 0 Å². The van der Waals surface area contributed by atoms with E-state index in [1.807, 2.05) is 13.8 Å². The van der Waals surface area contributed by atoms with Gasteiger partial charge in [0.25, 0.3) is 0 Å². The summed E-state index contributed by atoms with van der Waals surface area (Å²) in [5, 5.41) is 11.5. The lowest BCUT2D eigenvalue weighted by Crippen LogP contribution is -2.42. The summed E-state index contributed by atoms with van der Waals surface area (Å²) < 4.78 is 2.16. The van der Waals surface area contributed by atoms with Crippen LogP contribution in [0.1, 0.15) is 63.6 Å². The summed E-state index contributed by atoms with van der Waals surface area (Å²) in [4.78, 5) is 12.0. The summed E-state index contributed by atoms with van der Waals surface area (Å²) in [5.41, 5.74) is 5.84. The van der Waals surface area contributed by atoms with Gasteiger partial charge in [0.15, 0.2) is 5.82 Å². The van der Waals surface area contributed by atoms with Gasteiger partial charge in [-0.1, -0.05) is 19.8 Å². The van der Waals surface area contributed by atoms with E-state index in [4.69, 9.17) is 5.73 Å². The van der Waals surface area contributed by atoms with Crippen molar-refractivity contribution in [3.05, 3.63) is 11.6 Å². The van der Waals surface area contributed by atoms with E-state index < -0.39 is 6.04 Å². The lowest BCUT2D eigenvalue weighted by Gasteiger charge is -2.17. The third-order valence-electron chi connectivity index (χ3n) is 3.82. The largest absolute Gasteiger partial charge is 0.345 e. The Labute approximate surface area is 120 Å². The molecule has 0 saturated heterocycles. The lowest BCUT2D eigenvalue weighted by atomic mass is 10.1. The molecule has 0 bridgehead atoms. The third kappa shape index (κ3) is 3.36. The Morgan fingerprint density at radius 1 is 1.40 bits per heavy atom. The van der Waals surface area contributed by atoms with Gasteiger partial charge in [0.05, 0.1) is 12.1 Å². The maximum absolute atomic E-state index is 12.0. The summed E-state index contributed by atoms with van der Waals surface area (Å²) in [6.45, 7) is 4.91. The van der Waals surface area contributed by atoms with Crippen molar-refractivity contribution in [3.8, 4) is 0 Å². The van der Waals surface area contributed by atoms with Crippen LogP contribution in [0.2, 0.25) is 0 Å². The van der Waals surface area contributed by atoms with Crippen molar-refractivity contribution in [1.82, 2.24) is 20.1 Å². The molecule has 1 amide bonds. The van der Waals surface area contributed by atoms with Gasteiger partial charge in [-0.25, -0.2) is 0 Å². The molecule has 2 heterocycles. The highest BCUT2D eigenvalue weighted by molar-refractivity contribution is 5.81. The van der Waals surface area contributed by atoms with Crippen LogP contribution in [-0.4, -0.2) is 26.7 Å². The number of nitrogens with two attached hydrogens (primary N) is 1. The van der Waals surface area contributed by atoms with Crippen molar-refractivity contribution in [2.75, 3.05) is 0 Å². The summed E-state index contributed by atoms with van der Waals surface area (Å²) >= 11 is 0. The Morgan fingerprint density at radius 3 is 2.95 bits per heavy atom. The van der Waals surface area contributed by atoms with Crippen LogP contribution in [0, 0.1) is 0 Å². The van der Waals surface area contributed by atoms with E-state index in [0.717, 1.165) is 37.5 Å². The van der Waals surface area contributed by atoms with Gasteiger partial charge in [-0.15, -0.1) is 10.2 Å². The van der Waals surface area contributed by atoms with Crippen molar-refractivity contribution >= 4 is 5.91 Å². The first-order chi connectivity index (χ1) is 9.63. The van der Waals surface area contributed by atoms with E-state index in [2.05, 4.69) is 20.1 Å². The zero-order valence-corrected chi connectivity index (χ0v) is 12.4. The van der Waals surface area contributed by atoms with Crippen LogP contribution in [-0.2, 0) is 17.8 Å². The van der Waals surface area contributed by atoms with Crippen molar-refractivity contribution in [2.24, 2.45) is 5.73 Å². The Kier molecular flexibility index (Phi) is 5.11. The second kappa shape index (κ2) is 6.83. The Bertz CT molecular complexity index is 456. The number of nitrogens with zero attached hydrogens (tertiary/aromatic N) is 3. The fourth-order valence-electron chi connectivity index (χ4n) is 2.65. The molecule has 3 N–H and O–H groups in total. The Morgan fingerprint density at radius 2 is 2.20 bits per heavy atom. The van der Waals surface area contributed by atoms with Gasteiger partial charge in [0.1, 0.15) is 5.82 Å².